The molecule has 5 rings (SSSR count). The highest BCUT2D eigenvalue weighted by molar-refractivity contribution is 6.31. The Morgan fingerprint density at radius 1 is 1.12 bits per heavy atom. The van der Waals surface area contributed by atoms with Crippen molar-refractivity contribution >= 4 is 40.0 Å². The summed E-state index contributed by atoms with van der Waals surface area (Å²) in [5.74, 6) is 1.79. The van der Waals surface area contributed by atoms with Crippen LogP contribution >= 0.6 is 11.6 Å². The number of benzene rings is 2. The molecule has 0 spiro atoms. The van der Waals surface area contributed by atoms with Crippen LogP contribution in [-0.4, -0.2) is 56.6 Å². The lowest BCUT2D eigenvalue weighted by atomic mass is 9.96. The third kappa shape index (κ3) is 4.20. The van der Waals surface area contributed by atoms with E-state index in [2.05, 4.69) is 31.6 Å². The van der Waals surface area contributed by atoms with Gasteiger partial charge in [-0.1, -0.05) is 41.9 Å². The van der Waals surface area contributed by atoms with Gasteiger partial charge in [-0.25, -0.2) is 9.38 Å². The fourth-order valence-corrected chi connectivity index (χ4v) is 5.07. The molecule has 1 aliphatic rings. The summed E-state index contributed by atoms with van der Waals surface area (Å²) in [5, 5.41) is 10.7. The van der Waals surface area contributed by atoms with Crippen molar-refractivity contribution in [3.05, 3.63) is 64.9 Å². The second-order valence-corrected chi connectivity index (χ2v) is 9.24. The Morgan fingerprint density at radius 3 is 2.68 bits per heavy atom. The Kier molecular flexibility index (Phi) is 6.37. The molecule has 0 aliphatic carbocycles. The van der Waals surface area contributed by atoms with Gasteiger partial charge in [-0.2, -0.15) is 0 Å². The molecule has 8 heteroatoms. The van der Waals surface area contributed by atoms with Crippen LogP contribution in [0.2, 0.25) is 5.02 Å². The summed E-state index contributed by atoms with van der Waals surface area (Å²) in [5.41, 5.74) is 2.71. The van der Waals surface area contributed by atoms with E-state index < -0.39 is 0 Å². The number of rotatable bonds is 6. The Labute approximate surface area is 204 Å². The van der Waals surface area contributed by atoms with Crippen molar-refractivity contribution in [2.45, 2.75) is 33.1 Å². The summed E-state index contributed by atoms with van der Waals surface area (Å²) in [7, 11) is 0. The maximum Gasteiger partial charge on any atom is 0.227 e. The number of hydrogen-bond acceptors (Lipinski definition) is 5. The molecule has 4 aromatic rings. The Bertz CT molecular complexity index is 1320. The van der Waals surface area contributed by atoms with Crippen molar-refractivity contribution < 1.29 is 4.79 Å². The Morgan fingerprint density at radius 2 is 1.91 bits per heavy atom. The molecule has 7 nitrogen and oxygen atoms in total. The van der Waals surface area contributed by atoms with E-state index in [0.29, 0.717) is 18.0 Å². The van der Waals surface area contributed by atoms with Gasteiger partial charge in [-0.15, -0.1) is 10.2 Å². The standard InChI is InChI=1S/C26H29ClN6O/c1-3-31(4-2)25(34)19-11-8-14-32(17-19)26-28-22-16-20(27)12-13-21(22)24-30-29-23(33(24)26)15-18-9-6-5-7-10-18/h5-7,9-10,12-13,16,19H,3-4,8,11,14-15,17H2,1-2H3/t19-/m0/s1. The number of piperidine rings is 1. The first-order valence-electron chi connectivity index (χ1n) is 12.0. The van der Waals surface area contributed by atoms with Gasteiger partial charge in [0, 0.05) is 43.0 Å². The van der Waals surface area contributed by atoms with E-state index in [1.807, 2.05) is 55.1 Å². The first kappa shape index (κ1) is 22.6. The zero-order chi connectivity index (χ0) is 23.7. The number of aromatic nitrogens is 4. The Balaban J connectivity index is 1.60. The van der Waals surface area contributed by atoms with Crippen LogP contribution in [0.15, 0.2) is 48.5 Å². The number of hydrogen-bond donors (Lipinski definition) is 0. The van der Waals surface area contributed by atoms with Gasteiger partial charge in [-0.3, -0.25) is 4.79 Å². The van der Waals surface area contributed by atoms with E-state index >= 15 is 0 Å². The fourth-order valence-electron chi connectivity index (χ4n) is 4.90. The molecule has 2 aromatic carbocycles. The molecular formula is C26H29ClN6O. The van der Waals surface area contributed by atoms with Crippen LogP contribution in [0.25, 0.3) is 16.6 Å². The van der Waals surface area contributed by atoms with Crippen molar-refractivity contribution in [3.63, 3.8) is 0 Å². The molecular weight excluding hydrogens is 448 g/mol. The van der Waals surface area contributed by atoms with Gasteiger partial charge in [0.2, 0.25) is 11.9 Å². The van der Waals surface area contributed by atoms with Crippen LogP contribution in [0.4, 0.5) is 5.95 Å². The van der Waals surface area contributed by atoms with Crippen molar-refractivity contribution in [1.82, 2.24) is 24.5 Å². The highest BCUT2D eigenvalue weighted by Crippen LogP contribution is 2.30. The lowest BCUT2D eigenvalue weighted by molar-refractivity contribution is -0.135. The van der Waals surface area contributed by atoms with Gasteiger partial charge in [0.15, 0.2) is 5.65 Å². The van der Waals surface area contributed by atoms with Crippen molar-refractivity contribution in [1.29, 1.82) is 0 Å². The molecule has 34 heavy (non-hydrogen) atoms. The number of nitrogens with zero attached hydrogens (tertiary/aromatic N) is 6. The molecule has 0 unspecified atom stereocenters. The molecule has 0 saturated carbocycles. The van der Waals surface area contributed by atoms with Crippen LogP contribution in [0, 0.1) is 5.92 Å². The average molecular weight is 477 g/mol. The Hall–Kier alpha value is -3.19. The summed E-state index contributed by atoms with van der Waals surface area (Å²) in [6, 6.07) is 15.9. The second-order valence-electron chi connectivity index (χ2n) is 8.81. The SMILES string of the molecule is CCN(CC)C(=O)[C@H]1CCCN(c2nc3cc(Cl)ccc3c3nnc(Cc4ccccc4)n23)C1. The molecule has 1 saturated heterocycles. The van der Waals surface area contributed by atoms with E-state index in [4.69, 9.17) is 16.6 Å². The van der Waals surface area contributed by atoms with Gasteiger partial charge in [-0.05, 0) is 50.5 Å². The number of carbonyl (C=O) groups excluding carboxylic acids is 1. The number of carbonyl (C=O) groups is 1. The summed E-state index contributed by atoms with van der Waals surface area (Å²) in [6.45, 7) is 7.00. The zero-order valence-electron chi connectivity index (χ0n) is 19.6. The first-order valence-corrected chi connectivity index (χ1v) is 12.4. The summed E-state index contributed by atoms with van der Waals surface area (Å²) >= 11 is 6.31. The first-order chi connectivity index (χ1) is 16.6. The monoisotopic (exact) mass is 476 g/mol. The van der Waals surface area contributed by atoms with E-state index in [1.54, 1.807) is 0 Å². The van der Waals surface area contributed by atoms with Gasteiger partial charge in [0.1, 0.15) is 5.82 Å². The second kappa shape index (κ2) is 9.58. The molecule has 1 fully saturated rings. The molecule has 1 amide bonds. The number of fused-ring (bicyclic) bond motifs is 3. The topological polar surface area (TPSA) is 66.6 Å². The molecule has 0 N–H and O–H groups in total. The smallest absolute Gasteiger partial charge is 0.227 e. The number of anilines is 1. The fraction of sp³-hybridized carbons (Fsp3) is 0.385. The van der Waals surface area contributed by atoms with Crippen LogP contribution in [0.3, 0.4) is 0 Å². The zero-order valence-corrected chi connectivity index (χ0v) is 20.4. The molecule has 3 heterocycles. The van der Waals surface area contributed by atoms with Crippen molar-refractivity contribution in [2.75, 3.05) is 31.1 Å². The lowest BCUT2D eigenvalue weighted by Gasteiger charge is -2.35. The van der Waals surface area contributed by atoms with Gasteiger partial charge < -0.3 is 9.80 Å². The van der Waals surface area contributed by atoms with Crippen molar-refractivity contribution in [2.24, 2.45) is 5.92 Å². The molecule has 1 aliphatic heterocycles. The van der Waals surface area contributed by atoms with Gasteiger partial charge in [0.25, 0.3) is 0 Å². The average Bonchev–Trinajstić information content (AvgIpc) is 3.28. The van der Waals surface area contributed by atoms with Crippen molar-refractivity contribution in [3.8, 4) is 0 Å². The van der Waals surface area contributed by atoms with E-state index in [9.17, 15) is 4.79 Å². The minimum Gasteiger partial charge on any atom is -0.343 e. The maximum absolute atomic E-state index is 13.1. The van der Waals surface area contributed by atoms with Crippen LogP contribution < -0.4 is 4.90 Å². The largest absolute Gasteiger partial charge is 0.343 e. The van der Waals surface area contributed by atoms with Crippen LogP contribution in [0.1, 0.15) is 38.1 Å². The van der Waals surface area contributed by atoms with Crippen LogP contribution in [0.5, 0.6) is 0 Å². The van der Waals surface area contributed by atoms with E-state index in [-0.39, 0.29) is 11.8 Å². The molecule has 1 atom stereocenters. The van der Waals surface area contributed by atoms with Gasteiger partial charge in [0.05, 0.1) is 11.4 Å². The van der Waals surface area contributed by atoms with Gasteiger partial charge >= 0.3 is 0 Å². The highest BCUT2D eigenvalue weighted by atomic mass is 35.5. The third-order valence-corrected chi connectivity index (χ3v) is 6.92. The summed E-state index contributed by atoms with van der Waals surface area (Å²) in [4.78, 5) is 22.3. The highest BCUT2D eigenvalue weighted by Gasteiger charge is 2.31. The van der Waals surface area contributed by atoms with E-state index in [0.717, 1.165) is 66.4 Å². The predicted molar refractivity (Wildman–Crippen MR) is 135 cm³/mol. The third-order valence-electron chi connectivity index (χ3n) is 6.68. The predicted octanol–water partition coefficient (Wildman–Crippen LogP) is 4.61. The van der Waals surface area contributed by atoms with Crippen LogP contribution in [-0.2, 0) is 11.2 Å². The summed E-state index contributed by atoms with van der Waals surface area (Å²) in [6.07, 6.45) is 2.48. The minimum absolute atomic E-state index is 0.0467. The molecule has 2 aromatic heterocycles. The lowest BCUT2D eigenvalue weighted by Crippen LogP contribution is -2.45. The quantitative estimate of drug-likeness (QED) is 0.406. The number of amides is 1. The number of halogens is 1. The molecule has 176 valence electrons. The molecule has 0 radical (unpaired) electrons. The molecule has 0 bridgehead atoms. The summed E-state index contributed by atoms with van der Waals surface area (Å²) < 4.78 is 2.06. The minimum atomic E-state index is -0.0467. The van der Waals surface area contributed by atoms with E-state index in [1.165, 1.54) is 0 Å². The maximum atomic E-state index is 13.1. The normalized spacial score (nSPS) is 16.3.